The van der Waals surface area contributed by atoms with Crippen LogP contribution in [0.5, 0.6) is 5.75 Å². The first kappa shape index (κ1) is 21.7. The van der Waals surface area contributed by atoms with Crippen LogP contribution in [0.25, 0.3) is 10.8 Å². The molecule has 0 bridgehead atoms. The Balaban J connectivity index is 1.88. The molecule has 1 aliphatic rings. The lowest BCUT2D eigenvalue weighted by Gasteiger charge is -2.17. The molecule has 1 aliphatic heterocycles. The zero-order valence-corrected chi connectivity index (χ0v) is 17.2. The van der Waals surface area contributed by atoms with Crippen molar-refractivity contribution in [3.8, 4) is 5.75 Å². The van der Waals surface area contributed by atoms with Crippen LogP contribution in [0, 0.1) is 5.82 Å². The maximum absolute atomic E-state index is 14.8. The summed E-state index contributed by atoms with van der Waals surface area (Å²) in [5, 5.41) is 10.0. The number of carboxylic acid groups (broad SMARTS) is 1. The summed E-state index contributed by atoms with van der Waals surface area (Å²) in [5.74, 6) is -2.71. The number of fused-ring (bicyclic) bond motifs is 2. The highest BCUT2D eigenvalue weighted by molar-refractivity contribution is 6.16. The van der Waals surface area contributed by atoms with Crippen molar-refractivity contribution < 1.29 is 32.6 Å². The Morgan fingerprint density at radius 2 is 1.91 bits per heavy atom. The fourth-order valence-corrected chi connectivity index (χ4v) is 4.29. The summed E-state index contributed by atoms with van der Waals surface area (Å²) < 4.78 is 46.2. The van der Waals surface area contributed by atoms with Crippen LogP contribution >= 0.6 is 0 Å². The summed E-state index contributed by atoms with van der Waals surface area (Å²) in [6.45, 7) is -1.16. The van der Waals surface area contributed by atoms with E-state index >= 15 is 0 Å². The second-order valence-corrected chi connectivity index (χ2v) is 7.58. The van der Waals surface area contributed by atoms with Gasteiger partial charge in [0.2, 0.25) is 0 Å². The van der Waals surface area contributed by atoms with Crippen molar-refractivity contribution in [2.45, 2.75) is 39.3 Å². The molecular formula is C24H20F3NO4. The number of hydrogen-bond donors (Lipinski definition) is 1. The number of anilines is 1. The highest BCUT2D eigenvalue weighted by Gasteiger charge is 2.37. The number of rotatable bonds is 7. The summed E-state index contributed by atoms with van der Waals surface area (Å²) >= 11 is 0. The van der Waals surface area contributed by atoms with E-state index in [0.29, 0.717) is 17.4 Å². The molecule has 5 nitrogen and oxygen atoms in total. The summed E-state index contributed by atoms with van der Waals surface area (Å²) in [6.07, 6.45) is 1.01. The summed E-state index contributed by atoms with van der Waals surface area (Å²) in [7, 11) is 0. The number of aryl methyl sites for hydroxylation is 1. The van der Waals surface area contributed by atoms with Crippen LogP contribution in [0.2, 0.25) is 0 Å². The van der Waals surface area contributed by atoms with Crippen molar-refractivity contribution in [2.24, 2.45) is 0 Å². The molecule has 0 saturated heterocycles. The lowest BCUT2D eigenvalue weighted by atomic mass is 9.92. The maximum Gasteiger partial charge on any atom is 0.387 e. The van der Waals surface area contributed by atoms with E-state index < -0.39 is 24.3 Å². The molecule has 8 heteroatoms. The average molecular weight is 443 g/mol. The van der Waals surface area contributed by atoms with Crippen molar-refractivity contribution >= 4 is 28.3 Å². The molecular weight excluding hydrogens is 423 g/mol. The van der Waals surface area contributed by atoms with Gasteiger partial charge in [0.05, 0.1) is 24.2 Å². The van der Waals surface area contributed by atoms with Crippen LogP contribution in [-0.4, -0.2) is 23.6 Å². The molecule has 166 valence electrons. The summed E-state index contributed by atoms with van der Waals surface area (Å²) in [4.78, 5) is 25.4. The molecule has 0 atom stereocenters. The number of hydrogen-bond acceptors (Lipinski definition) is 3. The third-order valence-electron chi connectivity index (χ3n) is 5.53. The number of nitrogens with zero attached hydrogens (tertiary/aromatic N) is 1. The zero-order valence-electron chi connectivity index (χ0n) is 17.2. The minimum atomic E-state index is -3.13. The maximum atomic E-state index is 14.8. The van der Waals surface area contributed by atoms with E-state index in [4.69, 9.17) is 9.84 Å². The van der Waals surface area contributed by atoms with E-state index in [1.54, 1.807) is 24.3 Å². The molecule has 0 unspecified atom stereocenters. The van der Waals surface area contributed by atoms with Gasteiger partial charge in [0.25, 0.3) is 5.91 Å². The van der Waals surface area contributed by atoms with Crippen LogP contribution in [-0.2, 0) is 24.2 Å². The van der Waals surface area contributed by atoms with E-state index in [1.807, 2.05) is 6.92 Å². The van der Waals surface area contributed by atoms with Gasteiger partial charge < -0.3 is 14.7 Å². The molecule has 4 rings (SSSR count). The molecule has 1 N–H and O–H groups in total. The second-order valence-electron chi connectivity index (χ2n) is 7.58. The number of aliphatic carboxylic acids is 1. The number of benzene rings is 3. The topological polar surface area (TPSA) is 66.8 Å². The van der Waals surface area contributed by atoms with Gasteiger partial charge in [-0.25, -0.2) is 4.39 Å². The van der Waals surface area contributed by atoms with Gasteiger partial charge in [0.1, 0.15) is 11.6 Å². The lowest BCUT2D eigenvalue weighted by Crippen LogP contribution is -2.24. The molecule has 0 radical (unpaired) electrons. The van der Waals surface area contributed by atoms with Crippen molar-refractivity contribution in [1.82, 2.24) is 0 Å². The average Bonchev–Trinajstić information content (AvgIpc) is 3.07. The van der Waals surface area contributed by atoms with Crippen LogP contribution in [0.3, 0.4) is 0 Å². The minimum Gasteiger partial charge on any atom is -0.481 e. The Kier molecular flexibility index (Phi) is 5.78. The van der Waals surface area contributed by atoms with Gasteiger partial charge in [0, 0.05) is 5.39 Å². The van der Waals surface area contributed by atoms with E-state index in [2.05, 4.69) is 0 Å². The highest BCUT2D eigenvalue weighted by Crippen LogP contribution is 2.43. The van der Waals surface area contributed by atoms with Gasteiger partial charge in [-0.1, -0.05) is 43.7 Å². The SMILES string of the molecule is CCCc1c2c(c(OC(F)F)c3ccccc13)C(=O)N(c1ccc(CC(=O)O)cc1F)C2. The van der Waals surface area contributed by atoms with Gasteiger partial charge in [0.15, 0.2) is 0 Å². The third kappa shape index (κ3) is 3.77. The van der Waals surface area contributed by atoms with E-state index in [9.17, 15) is 22.8 Å². The van der Waals surface area contributed by atoms with Gasteiger partial charge in [-0.2, -0.15) is 8.78 Å². The molecule has 1 heterocycles. The second kappa shape index (κ2) is 8.53. The predicted molar refractivity (Wildman–Crippen MR) is 113 cm³/mol. The van der Waals surface area contributed by atoms with Gasteiger partial charge in [-0.05, 0) is 40.6 Å². The van der Waals surface area contributed by atoms with E-state index in [1.165, 1.54) is 17.0 Å². The molecule has 32 heavy (non-hydrogen) atoms. The fourth-order valence-electron chi connectivity index (χ4n) is 4.29. The van der Waals surface area contributed by atoms with Gasteiger partial charge in [-0.15, -0.1) is 0 Å². The Morgan fingerprint density at radius 1 is 1.19 bits per heavy atom. The van der Waals surface area contributed by atoms with Gasteiger partial charge in [-0.3, -0.25) is 9.59 Å². The van der Waals surface area contributed by atoms with Crippen molar-refractivity contribution in [3.63, 3.8) is 0 Å². The lowest BCUT2D eigenvalue weighted by molar-refractivity contribution is -0.136. The zero-order chi connectivity index (χ0) is 23.0. The number of carboxylic acids is 1. The highest BCUT2D eigenvalue weighted by atomic mass is 19.3. The first-order valence-electron chi connectivity index (χ1n) is 10.1. The molecule has 3 aromatic carbocycles. The first-order chi connectivity index (χ1) is 15.3. The number of carbonyl (C=O) groups is 2. The van der Waals surface area contributed by atoms with Crippen molar-refractivity contribution in [3.05, 3.63) is 70.5 Å². The molecule has 1 amide bonds. The van der Waals surface area contributed by atoms with Crippen molar-refractivity contribution in [2.75, 3.05) is 4.90 Å². The Morgan fingerprint density at radius 3 is 2.53 bits per heavy atom. The normalized spacial score (nSPS) is 13.2. The van der Waals surface area contributed by atoms with Crippen molar-refractivity contribution in [1.29, 1.82) is 0 Å². The molecule has 0 fully saturated rings. The Labute approximate surface area is 182 Å². The quantitative estimate of drug-likeness (QED) is 0.537. The molecule has 0 saturated carbocycles. The third-order valence-corrected chi connectivity index (χ3v) is 5.53. The molecule has 3 aromatic rings. The van der Waals surface area contributed by atoms with Crippen LogP contribution in [0.1, 0.15) is 40.4 Å². The van der Waals surface area contributed by atoms with Crippen LogP contribution < -0.4 is 9.64 Å². The van der Waals surface area contributed by atoms with Crippen LogP contribution in [0.15, 0.2) is 42.5 Å². The number of carbonyl (C=O) groups excluding carboxylic acids is 1. The molecule has 0 spiro atoms. The smallest absolute Gasteiger partial charge is 0.387 e. The monoisotopic (exact) mass is 443 g/mol. The Hall–Kier alpha value is -3.55. The fraction of sp³-hybridized carbons (Fsp3) is 0.250. The van der Waals surface area contributed by atoms with Gasteiger partial charge >= 0.3 is 12.6 Å². The number of ether oxygens (including phenoxy) is 1. The molecule has 0 aliphatic carbocycles. The first-order valence-corrected chi connectivity index (χ1v) is 10.1. The van der Waals surface area contributed by atoms with E-state index in [0.717, 1.165) is 23.4 Å². The Bertz CT molecular complexity index is 1230. The largest absolute Gasteiger partial charge is 0.481 e. The summed E-state index contributed by atoms with van der Waals surface area (Å²) in [6, 6.07) is 10.7. The molecule has 0 aromatic heterocycles. The van der Waals surface area contributed by atoms with Crippen LogP contribution in [0.4, 0.5) is 18.9 Å². The summed E-state index contributed by atoms with van der Waals surface area (Å²) in [5.41, 5.74) is 1.61. The van der Waals surface area contributed by atoms with E-state index in [-0.39, 0.29) is 35.5 Å². The predicted octanol–water partition coefficient (Wildman–Crippen LogP) is 5.32. The number of halogens is 3. The number of amides is 1. The standard InChI is InChI=1S/C24H20F3NO4/c1-2-5-14-15-6-3-4-7-16(15)22(32-24(26)27)21-17(14)12-28(23(21)31)19-9-8-13(10-18(19)25)11-20(29)30/h3-4,6-10,24H,2,5,11-12H2,1H3,(H,29,30). The minimum absolute atomic E-state index is 0.00310. The number of alkyl halides is 2.